The molecule has 0 saturated heterocycles. The number of carbonyl (C=O) groups is 1. The van der Waals surface area contributed by atoms with E-state index >= 15 is 0 Å². The lowest BCUT2D eigenvalue weighted by molar-refractivity contribution is 0.0991. The molecule has 1 aliphatic rings. The fourth-order valence-corrected chi connectivity index (χ4v) is 2.54. The van der Waals surface area contributed by atoms with Crippen LogP contribution in [0.2, 0.25) is 0 Å². The smallest absolute Gasteiger partial charge is 0.168 e. The highest BCUT2D eigenvalue weighted by atomic mass is 16.5. The normalized spacial score (nSPS) is 13.7. The maximum atomic E-state index is 12.3. The van der Waals surface area contributed by atoms with Crippen molar-refractivity contribution in [2.75, 3.05) is 6.73 Å². The lowest BCUT2D eigenvalue weighted by Gasteiger charge is -2.13. The van der Waals surface area contributed by atoms with Gasteiger partial charge in [0.25, 0.3) is 0 Å². The number of pyridine rings is 1. The van der Waals surface area contributed by atoms with Crippen molar-refractivity contribution in [3.8, 4) is 0 Å². The molecule has 118 valence electrons. The van der Waals surface area contributed by atoms with Crippen molar-refractivity contribution in [1.82, 2.24) is 9.88 Å². The zero-order chi connectivity index (χ0) is 16.2. The number of rotatable bonds is 5. The number of aromatic nitrogens is 1. The zero-order valence-corrected chi connectivity index (χ0v) is 13.5. The number of aryl methyl sites for hydroxylation is 1. The van der Waals surface area contributed by atoms with Crippen LogP contribution in [0.5, 0.6) is 0 Å². The van der Waals surface area contributed by atoms with Gasteiger partial charge >= 0.3 is 0 Å². The van der Waals surface area contributed by atoms with Crippen LogP contribution in [0.25, 0.3) is 0 Å². The van der Waals surface area contributed by atoms with Crippen molar-refractivity contribution in [3.05, 3.63) is 76.9 Å². The minimum atomic E-state index is 0.0925. The van der Waals surface area contributed by atoms with Crippen molar-refractivity contribution in [1.29, 1.82) is 0 Å². The number of hydrogen-bond donors (Lipinski definition) is 0. The number of hydrogen-bond acceptors (Lipinski definition) is 4. The van der Waals surface area contributed by atoms with Gasteiger partial charge in [0, 0.05) is 17.5 Å². The Balaban J connectivity index is 1.67. The molecule has 4 nitrogen and oxygen atoms in total. The first-order chi connectivity index (χ1) is 11.1. The van der Waals surface area contributed by atoms with E-state index < -0.39 is 0 Å². The molecule has 23 heavy (non-hydrogen) atoms. The van der Waals surface area contributed by atoms with Crippen LogP contribution < -0.4 is 0 Å². The molecule has 0 radical (unpaired) electrons. The fraction of sp³-hybridized carbons (Fsp3) is 0.263. The van der Waals surface area contributed by atoms with E-state index in [9.17, 15) is 4.79 Å². The zero-order valence-electron chi connectivity index (χ0n) is 13.5. The largest absolute Gasteiger partial charge is 0.476 e. The predicted molar refractivity (Wildman–Crippen MR) is 88.7 cm³/mol. The second-order valence-corrected chi connectivity index (χ2v) is 5.85. The van der Waals surface area contributed by atoms with Gasteiger partial charge in [-0.15, -0.1) is 0 Å². The lowest BCUT2D eigenvalue weighted by Crippen LogP contribution is -2.16. The molecule has 0 unspecified atom stereocenters. The SMILES string of the molecule is CC1=CN(Cc2cccc(CC(=O)c3ccc(C)cc3)n2)CO1. The average molecular weight is 308 g/mol. The Morgan fingerprint density at radius 2 is 1.87 bits per heavy atom. The first-order valence-electron chi connectivity index (χ1n) is 7.70. The second-order valence-electron chi connectivity index (χ2n) is 5.85. The van der Waals surface area contributed by atoms with Gasteiger partial charge in [0.2, 0.25) is 0 Å². The minimum Gasteiger partial charge on any atom is -0.476 e. The third-order valence-corrected chi connectivity index (χ3v) is 3.77. The molecule has 0 amide bonds. The molecular formula is C19H20N2O2. The number of ether oxygens (including phenoxy) is 1. The van der Waals surface area contributed by atoms with E-state index in [1.807, 2.05) is 62.5 Å². The summed E-state index contributed by atoms with van der Waals surface area (Å²) in [5.74, 6) is 1.01. The molecule has 0 saturated carbocycles. The predicted octanol–water partition coefficient (Wildman–Crippen LogP) is 3.47. The Labute approximate surface area is 136 Å². The topological polar surface area (TPSA) is 42.4 Å². The summed E-state index contributed by atoms with van der Waals surface area (Å²) < 4.78 is 5.41. The highest BCUT2D eigenvalue weighted by Gasteiger charge is 2.12. The van der Waals surface area contributed by atoms with Crippen LogP contribution in [0.1, 0.15) is 34.2 Å². The van der Waals surface area contributed by atoms with Crippen LogP contribution in [0.4, 0.5) is 0 Å². The molecule has 2 aromatic rings. The molecule has 0 aliphatic carbocycles. The molecule has 4 heteroatoms. The monoisotopic (exact) mass is 308 g/mol. The van der Waals surface area contributed by atoms with E-state index in [1.165, 1.54) is 0 Å². The molecule has 0 atom stereocenters. The van der Waals surface area contributed by atoms with Crippen LogP contribution >= 0.6 is 0 Å². The Hall–Kier alpha value is -2.62. The second kappa shape index (κ2) is 6.65. The summed E-state index contributed by atoms with van der Waals surface area (Å²) in [5, 5.41) is 0. The van der Waals surface area contributed by atoms with E-state index in [0.717, 1.165) is 28.3 Å². The number of ketones is 1. The third-order valence-electron chi connectivity index (χ3n) is 3.77. The molecule has 0 bridgehead atoms. The van der Waals surface area contributed by atoms with Crippen LogP contribution in [0.15, 0.2) is 54.4 Å². The van der Waals surface area contributed by atoms with Gasteiger partial charge in [0.15, 0.2) is 12.5 Å². The van der Waals surface area contributed by atoms with Crippen LogP contribution in [-0.2, 0) is 17.7 Å². The molecular weight excluding hydrogens is 288 g/mol. The number of Topliss-reactive ketones (excluding diaryl/α,β-unsaturated/α-hetero) is 1. The minimum absolute atomic E-state index is 0.0925. The van der Waals surface area contributed by atoms with Crippen molar-refractivity contribution in [2.45, 2.75) is 26.8 Å². The van der Waals surface area contributed by atoms with Gasteiger partial charge in [0.1, 0.15) is 5.76 Å². The van der Waals surface area contributed by atoms with Crippen molar-refractivity contribution in [3.63, 3.8) is 0 Å². The standard InChI is InChI=1S/C19H20N2O2/c1-14-6-8-16(9-7-14)19(22)10-17-4-3-5-18(20-17)12-21-11-15(2)23-13-21/h3-9,11H,10,12-13H2,1-2H3. The summed E-state index contributed by atoms with van der Waals surface area (Å²) in [5.41, 5.74) is 3.62. The van der Waals surface area contributed by atoms with Crippen molar-refractivity contribution >= 4 is 5.78 Å². The number of allylic oxidation sites excluding steroid dienone is 1. The van der Waals surface area contributed by atoms with Crippen LogP contribution in [0, 0.1) is 6.92 Å². The number of nitrogens with zero attached hydrogens (tertiary/aromatic N) is 2. The van der Waals surface area contributed by atoms with E-state index in [0.29, 0.717) is 19.7 Å². The third kappa shape index (κ3) is 3.97. The first-order valence-corrected chi connectivity index (χ1v) is 7.70. The maximum Gasteiger partial charge on any atom is 0.168 e. The van der Waals surface area contributed by atoms with Crippen molar-refractivity contribution in [2.24, 2.45) is 0 Å². The highest BCUT2D eigenvalue weighted by Crippen LogP contribution is 2.14. The van der Waals surface area contributed by atoms with E-state index in [-0.39, 0.29) is 5.78 Å². The highest BCUT2D eigenvalue weighted by molar-refractivity contribution is 5.97. The maximum absolute atomic E-state index is 12.3. The van der Waals surface area contributed by atoms with Gasteiger partial charge in [-0.2, -0.15) is 0 Å². The van der Waals surface area contributed by atoms with Gasteiger partial charge < -0.3 is 9.64 Å². The van der Waals surface area contributed by atoms with E-state index in [4.69, 9.17) is 4.74 Å². The number of carbonyl (C=O) groups excluding carboxylic acids is 1. The molecule has 0 spiro atoms. The van der Waals surface area contributed by atoms with Gasteiger partial charge in [-0.1, -0.05) is 35.9 Å². The van der Waals surface area contributed by atoms with Gasteiger partial charge in [-0.25, -0.2) is 0 Å². The number of benzene rings is 1. The van der Waals surface area contributed by atoms with Gasteiger partial charge in [-0.05, 0) is 26.0 Å². The molecule has 3 rings (SSSR count). The molecule has 1 aliphatic heterocycles. The summed E-state index contributed by atoms with van der Waals surface area (Å²) in [6, 6.07) is 13.5. The summed E-state index contributed by atoms with van der Waals surface area (Å²) >= 11 is 0. The summed E-state index contributed by atoms with van der Waals surface area (Å²) in [6.45, 7) is 5.19. The summed E-state index contributed by atoms with van der Waals surface area (Å²) in [4.78, 5) is 19.0. The molecule has 1 aromatic heterocycles. The van der Waals surface area contributed by atoms with Gasteiger partial charge in [0.05, 0.1) is 18.7 Å². The first kappa shape index (κ1) is 15.3. The Bertz CT molecular complexity index is 735. The van der Waals surface area contributed by atoms with Gasteiger partial charge in [-0.3, -0.25) is 9.78 Å². The Morgan fingerprint density at radius 1 is 1.13 bits per heavy atom. The van der Waals surface area contributed by atoms with Crippen molar-refractivity contribution < 1.29 is 9.53 Å². The Kier molecular flexibility index (Phi) is 4.42. The summed E-state index contributed by atoms with van der Waals surface area (Å²) in [7, 11) is 0. The lowest BCUT2D eigenvalue weighted by atomic mass is 10.0. The fourth-order valence-electron chi connectivity index (χ4n) is 2.54. The Morgan fingerprint density at radius 3 is 2.57 bits per heavy atom. The van der Waals surface area contributed by atoms with E-state index in [2.05, 4.69) is 9.88 Å². The van der Waals surface area contributed by atoms with Crippen LogP contribution in [0.3, 0.4) is 0 Å². The molecule has 1 aromatic carbocycles. The van der Waals surface area contributed by atoms with Crippen LogP contribution in [-0.4, -0.2) is 22.4 Å². The average Bonchev–Trinajstić information content (AvgIpc) is 2.93. The molecule has 0 N–H and O–H groups in total. The quantitative estimate of drug-likeness (QED) is 0.793. The summed E-state index contributed by atoms with van der Waals surface area (Å²) in [6.07, 6.45) is 2.30. The van der Waals surface area contributed by atoms with E-state index in [1.54, 1.807) is 0 Å². The molecule has 0 fully saturated rings. The molecule has 2 heterocycles.